The molecule has 26 heavy (non-hydrogen) atoms. The largest absolute Gasteiger partial charge is 0.493 e. The van der Waals surface area contributed by atoms with Crippen molar-refractivity contribution in [3.05, 3.63) is 65.7 Å². The summed E-state index contributed by atoms with van der Waals surface area (Å²) < 4.78 is 37.7. The Hall–Kier alpha value is -2.38. The van der Waals surface area contributed by atoms with Gasteiger partial charge in [-0.3, -0.25) is 4.18 Å². The summed E-state index contributed by atoms with van der Waals surface area (Å²) in [5.41, 5.74) is 1.93. The summed E-state index contributed by atoms with van der Waals surface area (Å²) in [5.74, 6) is -0.0399. The fourth-order valence-electron chi connectivity index (χ4n) is 2.37. The average Bonchev–Trinajstić information content (AvgIpc) is 2.62. The Bertz CT molecular complexity index is 800. The molecule has 7 heteroatoms. The second-order valence-corrected chi connectivity index (χ2v) is 7.34. The van der Waals surface area contributed by atoms with Gasteiger partial charge in [-0.15, -0.1) is 0 Å². The molecule has 0 aliphatic heterocycles. The number of carbonyl (C=O) groups is 1. The molecular weight excluding hydrogens is 356 g/mol. The highest BCUT2D eigenvalue weighted by Gasteiger charge is 2.25. The third kappa shape index (κ3) is 6.85. The van der Waals surface area contributed by atoms with Crippen molar-refractivity contribution in [1.82, 2.24) is 0 Å². The highest BCUT2D eigenvalue weighted by molar-refractivity contribution is 7.86. The van der Waals surface area contributed by atoms with E-state index in [1.807, 2.05) is 30.3 Å². The summed E-state index contributed by atoms with van der Waals surface area (Å²) in [6.07, 6.45) is 0.575. The Balaban J connectivity index is 1.91. The van der Waals surface area contributed by atoms with Crippen molar-refractivity contribution in [2.45, 2.75) is 18.9 Å². The molecule has 0 fully saturated rings. The van der Waals surface area contributed by atoms with E-state index in [-0.39, 0.29) is 6.42 Å². The standard InChI is InChI=1S/C19H22O6S/c1-23-19(20)18(25-26(2,21)22)14-16-8-10-17(11-9-16)24-13-12-15-6-4-3-5-7-15/h3-11,18H,12-14H2,1-2H3. The van der Waals surface area contributed by atoms with Crippen LogP contribution in [0.3, 0.4) is 0 Å². The van der Waals surface area contributed by atoms with E-state index < -0.39 is 22.2 Å². The van der Waals surface area contributed by atoms with Crippen molar-refractivity contribution in [2.24, 2.45) is 0 Å². The maximum absolute atomic E-state index is 11.7. The first-order valence-electron chi connectivity index (χ1n) is 8.09. The smallest absolute Gasteiger partial charge is 0.336 e. The molecule has 0 saturated heterocycles. The first kappa shape index (κ1) is 19.9. The number of esters is 1. The van der Waals surface area contributed by atoms with Crippen molar-refractivity contribution in [1.29, 1.82) is 0 Å². The van der Waals surface area contributed by atoms with E-state index in [9.17, 15) is 13.2 Å². The molecule has 0 saturated carbocycles. The van der Waals surface area contributed by atoms with Crippen LogP contribution in [0, 0.1) is 0 Å². The van der Waals surface area contributed by atoms with Crippen LogP contribution in [0.25, 0.3) is 0 Å². The van der Waals surface area contributed by atoms with Crippen LogP contribution in [-0.4, -0.2) is 40.5 Å². The van der Waals surface area contributed by atoms with E-state index >= 15 is 0 Å². The molecule has 0 aliphatic rings. The van der Waals surface area contributed by atoms with Gasteiger partial charge in [0, 0.05) is 12.8 Å². The lowest BCUT2D eigenvalue weighted by molar-refractivity contribution is -0.148. The minimum absolute atomic E-state index is 0.0873. The molecule has 0 bridgehead atoms. The minimum Gasteiger partial charge on any atom is -0.493 e. The summed E-state index contributed by atoms with van der Waals surface area (Å²) >= 11 is 0. The lowest BCUT2D eigenvalue weighted by atomic mass is 10.1. The predicted molar refractivity (Wildman–Crippen MR) is 97.5 cm³/mol. The Morgan fingerprint density at radius 2 is 1.65 bits per heavy atom. The summed E-state index contributed by atoms with van der Waals surface area (Å²) in [6.45, 7) is 0.547. The number of hydrogen-bond acceptors (Lipinski definition) is 6. The zero-order valence-corrected chi connectivity index (χ0v) is 15.6. The molecule has 0 heterocycles. The van der Waals surface area contributed by atoms with Crippen molar-refractivity contribution in [2.75, 3.05) is 20.0 Å². The normalized spacial score (nSPS) is 12.4. The summed E-state index contributed by atoms with van der Waals surface area (Å²) in [4.78, 5) is 11.7. The maximum atomic E-state index is 11.7. The zero-order valence-electron chi connectivity index (χ0n) is 14.8. The molecule has 0 aromatic heterocycles. The van der Waals surface area contributed by atoms with E-state index in [1.165, 1.54) is 12.7 Å². The van der Waals surface area contributed by atoms with Gasteiger partial charge in [0.15, 0.2) is 6.10 Å². The molecule has 1 atom stereocenters. The monoisotopic (exact) mass is 378 g/mol. The van der Waals surface area contributed by atoms with Crippen LogP contribution in [-0.2, 0) is 36.7 Å². The van der Waals surface area contributed by atoms with Gasteiger partial charge in [-0.1, -0.05) is 42.5 Å². The topological polar surface area (TPSA) is 78.9 Å². The molecular formula is C19H22O6S. The highest BCUT2D eigenvalue weighted by atomic mass is 32.2. The van der Waals surface area contributed by atoms with Crippen molar-refractivity contribution < 1.29 is 26.9 Å². The fourth-order valence-corrected chi connectivity index (χ4v) is 2.93. The lowest BCUT2D eigenvalue weighted by Gasteiger charge is -2.14. The van der Waals surface area contributed by atoms with E-state index in [2.05, 4.69) is 4.74 Å². The SMILES string of the molecule is COC(=O)C(Cc1ccc(OCCc2ccccc2)cc1)OS(C)(=O)=O. The predicted octanol–water partition coefficient (Wildman–Crippen LogP) is 2.37. The third-order valence-corrected chi connectivity index (χ3v) is 4.18. The number of carbonyl (C=O) groups excluding carboxylic acids is 1. The van der Waals surface area contributed by atoms with Gasteiger partial charge in [-0.2, -0.15) is 8.42 Å². The molecule has 2 rings (SSSR count). The minimum atomic E-state index is -3.77. The van der Waals surface area contributed by atoms with Crippen molar-refractivity contribution in [3.63, 3.8) is 0 Å². The number of benzene rings is 2. The number of methoxy groups -OCH3 is 1. The Labute approximate surface area is 153 Å². The van der Waals surface area contributed by atoms with Crippen molar-refractivity contribution >= 4 is 16.1 Å². The molecule has 0 N–H and O–H groups in total. The first-order valence-corrected chi connectivity index (χ1v) is 9.91. The molecule has 0 radical (unpaired) electrons. The van der Waals surface area contributed by atoms with Gasteiger partial charge in [0.05, 0.1) is 20.0 Å². The first-order chi connectivity index (χ1) is 12.4. The quantitative estimate of drug-likeness (QED) is 0.492. The summed E-state index contributed by atoms with van der Waals surface area (Å²) in [6, 6.07) is 17.1. The second-order valence-electron chi connectivity index (χ2n) is 5.74. The molecule has 6 nitrogen and oxygen atoms in total. The number of ether oxygens (including phenoxy) is 2. The van der Waals surface area contributed by atoms with Crippen LogP contribution in [0.2, 0.25) is 0 Å². The molecule has 1 unspecified atom stereocenters. The fraction of sp³-hybridized carbons (Fsp3) is 0.316. The van der Waals surface area contributed by atoms with E-state index in [1.54, 1.807) is 24.3 Å². The van der Waals surface area contributed by atoms with Gasteiger partial charge >= 0.3 is 5.97 Å². The Morgan fingerprint density at radius 3 is 2.23 bits per heavy atom. The number of rotatable bonds is 9. The van der Waals surface area contributed by atoms with Gasteiger partial charge in [0.1, 0.15) is 5.75 Å². The van der Waals surface area contributed by atoms with Gasteiger partial charge in [-0.05, 0) is 23.3 Å². The molecule has 140 valence electrons. The average molecular weight is 378 g/mol. The molecule has 2 aromatic carbocycles. The maximum Gasteiger partial charge on any atom is 0.336 e. The summed E-state index contributed by atoms with van der Waals surface area (Å²) in [5, 5.41) is 0. The molecule has 2 aromatic rings. The van der Waals surface area contributed by atoms with Crippen LogP contribution in [0.4, 0.5) is 0 Å². The van der Waals surface area contributed by atoms with E-state index in [4.69, 9.17) is 8.92 Å². The van der Waals surface area contributed by atoms with E-state index in [0.29, 0.717) is 12.4 Å². The number of hydrogen-bond donors (Lipinski definition) is 0. The van der Waals surface area contributed by atoms with Crippen LogP contribution >= 0.6 is 0 Å². The second kappa shape index (κ2) is 9.35. The lowest BCUT2D eigenvalue weighted by Crippen LogP contribution is -2.30. The van der Waals surface area contributed by atoms with Gasteiger partial charge in [0.25, 0.3) is 10.1 Å². The van der Waals surface area contributed by atoms with Gasteiger partial charge in [0.2, 0.25) is 0 Å². The molecule has 0 aliphatic carbocycles. The highest BCUT2D eigenvalue weighted by Crippen LogP contribution is 2.16. The Morgan fingerprint density at radius 1 is 1.00 bits per heavy atom. The zero-order chi connectivity index (χ0) is 19.0. The van der Waals surface area contributed by atoms with Crippen molar-refractivity contribution in [3.8, 4) is 5.75 Å². The van der Waals surface area contributed by atoms with Crippen LogP contribution in [0.15, 0.2) is 54.6 Å². The van der Waals surface area contributed by atoms with Crippen LogP contribution in [0.1, 0.15) is 11.1 Å². The summed E-state index contributed by atoms with van der Waals surface area (Å²) in [7, 11) is -2.59. The molecule has 0 amide bonds. The van der Waals surface area contributed by atoms with Crippen LogP contribution < -0.4 is 4.74 Å². The molecule has 0 spiro atoms. The van der Waals surface area contributed by atoms with Crippen LogP contribution in [0.5, 0.6) is 5.75 Å². The van der Waals surface area contributed by atoms with Gasteiger partial charge < -0.3 is 9.47 Å². The van der Waals surface area contributed by atoms with Gasteiger partial charge in [-0.25, -0.2) is 4.79 Å². The third-order valence-electron chi connectivity index (χ3n) is 3.60. The Kier molecular flexibility index (Phi) is 7.17. The van der Waals surface area contributed by atoms with E-state index in [0.717, 1.165) is 18.2 Å².